The van der Waals surface area contributed by atoms with Crippen LogP contribution in [0.25, 0.3) is 0 Å². The zero-order valence-electron chi connectivity index (χ0n) is 10.3. The summed E-state index contributed by atoms with van der Waals surface area (Å²) in [5.41, 5.74) is 0.625. The van der Waals surface area contributed by atoms with Crippen molar-refractivity contribution >= 4 is 5.97 Å². The van der Waals surface area contributed by atoms with E-state index in [2.05, 4.69) is 0 Å². The minimum Gasteiger partial charge on any atom is -0.497 e. The third-order valence-electron chi connectivity index (χ3n) is 2.89. The molecule has 1 unspecified atom stereocenters. The van der Waals surface area contributed by atoms with Crippen molar-refractivity contribution in [3.8, 4) is 5.75 Å². The summed E-state index contributed by atoms with van der Waals surface area (Å²) in [5, 5.41) is 9.36. The van der Waals surface area contributed by atoms with Crippen molar-refractivity contribution in [3.05, 3.63) is 65.5 Å². The first kappa shape index (κ1) is 13.1. The minimum absolute atomic E-state index is 0.142. The summed E-state index contributed by atoms with van der Waals surface area (Å²) in [5.74, 6) is -2.13. The molecule has 3 nitrogen and oxygen atoms in total. The van der Waals surface area contributed by atoms with Crippen molar-refractivity contribution in [1.82, 2.24) is 0 Å². The molecular formula is C15H13FO3. The van der Waals surface area contributed by atoms with Gasteiger partial charge in [0.15, 0.2) is 0 Å². The van der Waals surface area contributed by atoms with Crippen LogP contribution in [-0.2, 0) is 4.79 Å². The molecule has 0 aliphatic rings. The Kier molecular flexibility index (Phi) is 3.80. The molecule has 0 aromatic heterocycles. The second kappa shape index (κ2) is 5.52. The smallest absolute Gasteiger partial charge is 0.315 e. The number of benzene rings is 2. The van der Waals surface area contributed by atoms with Gasteiger partial charge in [-0.25, -0.2) is 4.39 Å². The molecule has 0 aliphatic heterocycles. The van der Waals surface area contributed by atoms with Crippen LogP contribution in [0.2, 0.25) is 0 Å². The topological polar surface area (TPSA) is 46.5 Å². The number of hydrogen-bond donors (Lipinski definition) is 1. The Morgan fingerprint density at radius 2 is 1.95 bits per heavy atom. The second-order valence-corrected chi connectivity index (χ2v) is 4.07. The first-order valence-corrected chi connectivity index (χ1v) is 5.74. The van der Waals surface area contributed by atoms with Crippen LogP contribution in [-0.4, -0.2) is 18.2 Å². The van der Waals surface area contributed by atoms with E-state index in [-0.39, 0.29) is 5.56 Å². The molecule has 0 aliphatic carbocycles. The predicted octanol–water partition coefficient (Wildman–Crippen LogP) is 3.05. The van der Waals surface area contributed by atoms with E-state index in [1.165, 1.54) is 25.3 Å². The number of rotatable bonds is 4. The average molecular weight is 260 g/mol. The van der Waals surface area contributed by atoms with Crippen LogP contribution in [0.5, 0.6) is 5.75 Å². The van der Waals surface area contributed by atoms with Gasteiger partial charge in [0.05, 0.1) is 7.11 Å². The molecule has 1 atom stereocenters. The van der Waals surface area contributed by atoms with Crippen LogP contribution in [0.3, 0.4) is 0 Å². The van der Waals surface area contributed by atoms with Crippen molar-refractivity contribution in [3.63, 3.8) is 0 Å². The molecule has 0 fully saturated rings. The predicted molar refractivity (Wildman–Crippen MR) is 68.9 cm³/mol. The number of halogens is 1. The molecule has 19 heavy (non-hydrogen) atoms. The molecule has 2 aromatic carbocycles. The molecule has 0 bridgehead atoms. The number of methoxy groups -OCH3 is 1. The third kappa shape index (κ3) is 2.73. The van der Waals surface area contributed by atoms with Gasteiger partial charge in [0.2, 0.25) is 0 Å². The van der Waals surface area contributed by atoms with Crippen molar-refractivity contribution in [2.24, 2.45) is 0 Å². The van der Waals surface area contributed by atoms with Gasteiger partial charge in [-0.1, -0.05) is 30.3 Å². The standard InChI is InChI=1S/C15H13FO3/c1-19-11-6-4-5-10(9-11)14(15(17)18)12-7-2-3-8-13(12)16/h2-9,14H,1H3,(H,17,18). The molecule has 0 spiro atoms. The Bertz CT molecular complexity index is 595. The zero-order chi connectivity index (χ0) is 13.8. The fourth-order valence-electron chi connectivity index (χ4n) is 1.99. The summed E-state index contributed by atoms with van der Waals surface area (Å²) in [7, 11) is 1.50. The van der Waals surface area contributed by atoms with Crippen molar-refractivity contribution < 1.29 is 19.0 Å². The van der Waals surface area contributed by atoms with Gasteiger partial charge < -0.3 is 9.84 Å². The lowest BCUT2D eigenvalue weighted by Gasteiger charge is -2.14. The summed E-state index contributed by atoms with van der Waals surface area (Å²) < 4.78 is 18.8. The average Bonchev–Trinajstić information content (AvgIpc) is 2.41. The van der Waals surface area contributed by atoms with Gasteiger partial charge in [-0.15, -0.1) is 0 Å². The van der Waals surface area contributed by atoms with E-state index in [1.807, 2.05) is 0 Å². The van der Waals surface area contributed by atoms with Gasteiger partial charge in [-0.2, -0.15) is 0 Å². The lowest BCUT2D eigenvalue weighted by molar-refractivity contribution is -0.137. The number of carboxylic acid groups (broad SMARTS) is 1. The maximum Gasteiger partial charge on any atom is 0.315 e. The van der Waals surface area contributed by atoms with E-state index in [9.17, 15) is 14.3 Å². The highest BCUT2D eigenvalue weighted by Gasteiger charge is 2.25. The van der Waals surface area contributed by atoms with Gasteiger partial charge >= 0.3 is 5.97 Å². The monoisotopic (exact) mass is 260 g/mol. The third-order valence-corrected chi connectivity index (χ3v) is 2.89. The van der Waals surface area contributed by atoms with Gasteiger partial charge in [-0.3, -0.25) is 4.79 Å². The van der Waals surface area contributed by atoms with Crippen LogP contribution in [0.15, 0.2) is 48.5 Å². The van der Waals surface area contributed by atoms with Gasteiger partial charge in [0, 0.05) is 5.56 Å². The highest BCUT2D eigenvalue weighted by atomic mass is 19.1. The molecular weight excluding hydrogens is 247 g/mol. The van der Waals surface area contributed by atoms with Crippen LogP contribution in [0.4, 0.5) is 4.39 Å². The molecule has 98 valence electrons. The van der Waals surface area contributed by atoms with Crippen molar-refractivity contribution in [2.75, 3.05) is 7.11 Å². The summed E-state index contributed by atoms with van der Waals surface area (Å²) in [6, 6.07) is 12.5. The summed E-state index contributed by atoms with van der Waals surface area (Å²) in [6.45, 7) is 0. The molecule has 2 rings (SSSR count). The maximum atomic E-state index is 13.8. The SMILES string of the molecule is COc1cccc(C(C(=O)O)c2ccccc2F)c1. The number of carbonyl (C=O) groups is 1. The Morgan fingerprint density at radius 1 is 1.21 bits per heavy atom. The number of hydrogen-bond acceptors (Lipinski definition) is 2. The number of ether oxygens (including phenoxy) is 1. The molecule has 0 saturated carbocycles. The Balaban J connectivity index is 2.52. The lowest BCUT2D eigenvalue weighted by Crippen LogP contribution is -2.14. The molecule has 4 heteroatoms. The second-order valence-electron chi connectivity index (χ2n) is 4.07. The van der Waals surface area contributed by atoms with Crippen LogP contribution < -0.4 is 4.74 Å². The normalized spacial score (nSPS) is 11.9. The summed E-state index contributed by atoms with van der Waals surface area (Å²) in [6.07, 6.45) is 0. The summed E-state index contributed by atoms with van der Waals surface area (Å²) >= 11 is 0. The molecule has 0 heterocycles. The highest BCUT2D eigenvalue weighted by Crippen LogP contribution is 2.29. The fraction of sp³-hybridized carbons (Fsp3) is 0.133. The van der Waals surface area contributed by atoms with Crippen molar-refractivity contribution in [1.29, 1.82) is 0 Å². The first-order chi connectivity index (χ1) is 9.13. The van der Waals surface area contributed by atoms with Gasteiger partial charge in [0.1, 0.15) is 17.5 Å². The number of aliphatic carboxylic acids is 1. The Morgan fingerprint density at radius 3 is 2.58 bits per heavy atom. The van der Waals surface area contributed by atoms with Crippen LogP contribution >= 0.6 is 0 Å². The quantitative estimate of drug-likeness (QED) is 0.919. The molecule has 2 aromatic rings. The molecule has 1 N–H and O–H groups in total. The van der Waals surface area contributed by atoms with Crippen LogP contribution in [0, 0.1) is 5.82 Å². The highest BCUT2D eigenvalue weighted by molar-refractivity contribution is 5.80. The van der Waals surface area contributed by atoms with Crippen LogP contribution in [0.1, 0.15) is 17.0 Å². The van der Waals surface area contributed by atoms with E-state index in [4.69, 9.17) is 4.74 Å². The number of carboxylic acids is 1. The largest absolute Gasteiger partial charge is 0.497 e. The fourth-order valence-corrected chi connectivity index (χ4v) is 1.99. The molecule has 0 amide bonds. The van der Waals surface area contributed by atoms with E-state index < -0.39 is 17.7 Å². The van der Waals surface area contributed by atoms with E-state index in [0.29, 0.717) is 11.3 Å². The van der Waals surface area contributed by atoms with Crippen molar-refractivity contribution in [2.45, 2.75) is 5.92 Å². The lowest BCUT2D eigenvalue weighted by atomic mass is 9.91. The Hall–Kier alpha value is -2.36. The zero-order valence-corrected chi connectivity index (χ0v) is 10.3. The van der Waals surface area contributed by atoms with Gasteiger partial charge in [0.25, 0.3) is 0 Å². The minimum atomic E-state index is -1.10. The van der Waals surface area contributed by atoms with E-state index in [0.717, 1.165) is 0 Å². The van der Waals surface area contributed by atoms with E-state index in [1.54, 1.807) is 30.3 Å². The maximum absolute atomic E-state index is 13.8. The molecule has 0 radical (unpaired) electrons. The van der Waals surface area contributed by atoms with Gasteiger partial charge in [-0.05, 0) is 23.8 Å². The summed E-state index contributed by atoms with van der Waals surface area (Å²) in [4.78, 5) is 11.4. The first-order valence-electron chi connectivity index (χ1n) is 5.74. The van der Waals surface area contributed by atoms with E-state index >= 15 is 0 Å². The molecule has 0 saturated heterocycles. The Labute approximate surface area is 110 Å².